The summed E-state index contributed by atoms with van der Waals surface area (Å²) >= 11 is 0. The smallest absolute Gasteiger partial charge is 0.147 e. The number of hydrogen-bond acceptors (Lipinski definition) is 4. The van der Waals surface area contributed by atoms with E-state index in [1.807, 2.05) is 18.2 Å². The van der Waals surface area contributed by atoms with Crippen LogP contribution >= 0.6 is 0 Å². The Labute approximate surface area is 114 Å². The molecule has 1 rings (SSSR count). The molecular weight excluding hydrogens is 264 g/mol. The minimum atomic E-state index is -2.94. The van der Waals surface area contributed by atoms with Gasteiger partial charge >= 0.3 is 0 Å². The summed E-state index contributed by atoms with van der Waals surface area (Å²) < 4.78 is 27.5. The summed E-state index contributed by atoms with van der Waals surface area (Å²) in [7, 11) is -2.94. The van der Waals surface area contributed by atoms with E-state index in [0.717, 1.165) is 5.56 Å². The van der Waals surface area contributed by atoms with Crippen molar-refractivity contribution in [2.45, 2.75) is 12.8 Å². The highest BCUT2D eigenvalue weighted by molar-refractivity contribution is 7.90. The third-order valence-corrected chi connectivity index (χ3v) is 3.29. The summed E-state index contributed by atoms with van der Waals surface area (Å²) in [6.45, 7) is 0.371. The van der Waals surface area contributed by atoms with Gasteiger partial charge in [0, 0.05) is 12.7 Å². The summed E-state index contributed by atoms with van der Waals surface area (Å²) in [5.41, 5.74) is 0.746. The number of aliphatic hydroxyl groups is 1. The van der Waals surface area contributed by atoms with Gasteiger partial charge in [0.1, 0.15) is 15.6 Å². The number of aliphatic hydroxyl groups excluding tert-OH is 1. The van der Waals surface area contributed by atoms with E-state index in [9.17, 15) is 8.42 Å². The topological polar surface area (TPSA) is 63.6 Å². The first-order chi connectivity index (χ1) is 9.03. The van der Waals surface area contributed by atoms with Gasteiger partial charge in [-0.3, -0.25) is 0 Å². The van der Waals surface area contributed by atoms with Crippen LogP contribution in [0, 0.1) is 11.8 Å². The van der Waals surface area contributed by atoms with Crippen LogP contribution in [0.2, 0.25) is 0 Å². The highest BCUT2D eigenvalue weighted by Crippen LogP contribution is 2.16. The Morgan fingerprint density at radius 1 is 1.32 bits per heavy atom. The third kappa shape index (κ3) is 6.85. The summed E-state index contributed by atoms with van der Waals surface area (Å²) in [6, 6.07) is 7.31. The van der Waals surface area contributed by atoms with Crippen LogP contribution in [-0.2, 0) is 9.84 Å². The van der Waals surface area contributed by atoms with Gasteiger partial charge in [-0.1, -0.05) is 24.0 Å². The molecule has 1 aromatic rings. The van der Waals surface area contributed by atoms with Crippen molar-refractivity contribution >= 4 is 9.84 Å². The van der Waals surface area contributed by atoms with Gasteiger partial charge in [-0.05, 0) is 18.6 Å². The summed E-state index contributed by atoms with van der Waals surface area (Å²) in [5, 5.41) is 8.67. The van der Waals surface area contributed by atoms with Crippen LogP contribution in [0.5, 0.6) is 5.75 Å². The molecule has 0 aromatic heterocycles. The van der Waals surface area contributed by atoms with Crippen molar-refractivity contribution in [3.8, 4) is 17.6 Å². The zero-order valence-corrected chi connectivity index (χ0v) is 11.7. The second-order valence-electron chi connectivity index (χ2n) is 4.10. The Balaban J connectivity index is 2.56. The first-order valence-corrected chi connectivity index (χ1v) is 8.08. The molecule has 0 aliphatic heterocycles. The SMILES string of the molecule is CS(=O)(=O)CCCOc1ccccc1C#CCCO. The highest BCUT2D eigenvalue weighted by Gasteiger charge is 2.03. The monoisotopic (exact) mass is 282 g/mol. The van der Waals surface area contributed by atoms with Crippen molar-refractivity contribution in [1.82, 2.24) is 0 Å². The standard InChI is InChI=1S/C14H18O4S/c1-19(16,17)12-6-11-18-14-9-3-2-7-13(14)8-4-5-10-15/h2-3,7,9,15H,5-6,10-12H2,1H3. The minimum Gasteiger partial charge on any atom is -0.492 e. The maximum absolute atomic E-state index is 11.0. The predicted molar refractivity (Wildman–Crippen MR) is 74.8 cm³/mol. The van der Waals surface area contributed by atoms with Crippen LogP contribution in [0.4, 0.5) is 0 Å². The van der Waals surface area contributed by atoms with Gasteiger partial charge in [-0.25, -0.2) is 8.42 Å². The average molecular weight is 282 g/mol. The number of benzene rings is 1. The fourth-order valence-corrected chi connectivity index (χ4v) is 2.05. The van der Waals surface area contributed by atoms with Crippen molar-refractivity contribution in [3.05, 3.63) is 29.8 Å². The van der Waals surface area contributed by atoms with Gasteiger partial charge in [0.05, 0.1) is 24.5 Å². The molecule has 0 bridgehead atoms. The maximum atomic E-state index is 11.0. The second kappa shape index (κ2) is 7.82. The fourth-order valence-electron chi connectivity index (χ4n) is 1.41. The molecule has 0 aliphatic carbocycles. The molecule has 0 atom stereocenters. The van der Waals surface area contributed by atoms with Gasteiger partial charge in [0.2, 0.25) is 0 Å². The molecule has 0 spiro atoms. The number of para-hydroxylation sites is 1. The molecule has 4 nitrogen and oxygen atoms in total. The molecule has 1 N–H and O–H groups in total. The molecule has 0 radical (unpaired) electrons. The molecule has 0 heterocycles. The molecule has 104 valence electrons. The lowest BCUT2D eigenvalue weighted by atomic mass is 10.2. The van der Waals surface area contributed by atoms with Crippen molar-refractivity contribution in [2.75, 3.05) is 25.2 Å². The largest absolute Gasteiger partial charge is 0.492 e. The van der Waals surface area contributed by atoms with Crippen molar-refractivity contribution in [2.24, 2.45) is 0 Å². The Bertz CT molecular complexity index is 552. The van der Waals surface area contributed by atoms with E-state index < -0.39 is 9.84 Å². The molecule has 0 unspecified atom stereocenters. The van der Waals surface area contributed by atoms with E-state index in [4.69, 9.17) is 9.84 Å². The van der Waals surface area contributed by atoms with E-state index in [0.29, 0.717) is 25.2 Å². The van der Waals surface area contributed by atoms with E-state index in [1.54, 1.807) is 6.07 Å². The summed E-state index contributed by atoms with van der Waals surface area (Å²) in [6.07, 6.45) is 2.08. The molecule has 0 saturated carbocycles. The van der Waals surface area contributed by atoms with Gasteiger partial charge in [0.25, 0.3) is 0 Å². The number of hydrogen-bond donors (Lipinski definition) is 1. The molecule has 19 heavy (non-hydrogen) atoms. The molecule has 0 amide bonds. The normalized spacial score (nSPS) is 10.6. The zero-order chi connectivity index (χ0) is 14.1. The van der Waals surface area contributed by atoms with E-state index >= 15 is 0 Å². The van der Waals surface area contributed by atoms with E-state index in [-0.39, 0.29) is 12.4 Å². The van der Waals surface area contributed by atoms with E-state index in [2.05, 4.69) is 11.8 Å². The maximum Gasteiger partial charge on any atom is 0.147 e. The first-order valence-electron chi connectivity index (χ1n) is 6.02. The van der Waals surface area contributed by atoms with Crippen LogP contribution < -0.4 is 4.74 Å². The van der Waals surface area contributed by atoms with Gasteiger partial charge in [-0.15, -0.1) is 0 Å². The molecule has 1 aromatic carbocycles. The average Bonchev–Trinajstić information content (AvgIpc) is 2.35. The molecule has 0 saturated heterocycles. The molecule has 0 aliphatic rings. The highest BCUT2D eigenvalue weighted by atomic mass is 32.2. The van der Waals surface area contributed by atoms with Gasteiger partial charge in [0.15, 0.2) is 0 Å². The Morgan fingerprint density at radius 2 is 2.05 bits per heavy atom. The van der Waals surface area contributed by atoms with Crippen LogP contribution in [0.3, 0.4) is 0 Å². The Hall–Kier alpha value is -1.51. The third-order valence-electron chi connectivity index (χ3n) is 2.26. The quantitative estimate of drug-likeness (QED) is 0.630. The van der Waals surface area contributed by atoms with Crippen LogP contribution in [0.1, 0.15) is 18.4 Å². The Kier molecular flexibility index (Phi) is 6.40. The molecule has 5 heteroatoms. The van der Waals surface area contributed by atoms with Crippen molar-refractivity contribution in [1.29, 1.82) is 0 Å². The summed E-state index contributed by atoms with van der Waals surface area (Å²) in [5.74, 6) is 6.51. The zero-order valence-electron chi connectivity index (χ0n) is 10.9. The van der Waals surface area contributed by atoms with Crippen LogP contribution in [0.15, 0.2) is 24.3 Å². The first kappa shape index (κ1) is 15.5. The lowest BCUT2D eigenvalue weighted by Crippen LogP contribution is -2.08. The van der Waals surface area contributed by atoms with Gasteiger partial charge < -0.3 is 9.84 Å². The molecular formula is C14H18O4S. The fraction of sp³-hybridized carbons (Fsp3) is 0.429. The van der Waals surface area contributed by atoms with Gasteiger partial charge in [-0.2, -0.15) is 0 Å². The molecule has 0 fully saturated rings. The lowest BCUT2D eigenvalue weighted by Gasteiger charge is -2.07. The number of sulfone groups is 1. The van der Waals surface area contributed by atoms with E-state index in [1.165, 1.54) is 6.26 Å². The van der Waals surface area contributed by atoms with Crippen LogP contribution in [-0.4, -0.2) is 38.7 Å². The van der Waals surface area contributed by atoms with Crippen molar-refractivity contribution in [3.63, 3.8) is 0 Å². The lowest BCUT2D eigenvalue weighted by molar-refractivity contribution is 0.305. The minimum absolute atomic E-state index is 0.0321. The Morgan fingerprint density at radius 3 is 2.74 bits per heavy atom. The van der Waals surface area contributed by atoms with Crippen molar-refractivity contribution < 1.29 is 18.3 Å². The summed E-state index contributed by atoms with van der Waals surface area (Å²) in [4.78, 5) is 0. The second-order valence-corrected chi connectivity index (χ2v) is 6.36. The number of rotatable bonds is 6. The predicted octanol–water partition coefficient (Wildman–Crippen LogP) is 1.23. The van der Waals surface area contributed by atoms with Crippen LogP contribution in [0.25, 0.3) is 0 Å². The number of ether oxygens (including phenoxy) is 1.